The van der Waals surface area contributed by atoms with Crippen molar-refractivity contribution in [3.63, 3.8) is 0 Å². The van der Waals surface area contributed by atoms with Gasteiger partial charge in [-0.1, -0.05) is 30.3 Å². The van der Waals surface area contributed by atoms with E-state index in [1.807, 2.05) is 18.2 Å². The minimum atomic E-state index is -0.902. The number of carbonyl (C=O) groups is 1. The number of aliphatic hydroxyl groups is 1. The molecule has 108 valence electrons. The predicted octanol–water partition coefficient (Wildman–Crippen LogP) is 1.38. The van der Waals surface area contributed by atoms with Crippen LogP contribution in [0.5, 0.6) is 0 Å². The van der Waals surface area contributed by atoms with E-state index >= 15 is 0 Å². The molecule has 2 N–H and O–H groups in total. The Morgan fingerprint density at radius 2 is 2.10 bits per heavy atom. The van der Waals surface area contributed by atoms with Crippen molar-refractivity contribution in [2.75, 3.05) is 19.7 Å². The molecule has 2 saturated heterocycles. The topological polar surface area (TPSA) is 64.0 Å². The van der Waals surface area contributed by atoms with Gasteiger partial charge in [0.2, 0.25) is 0 Å². The first-order valence-electron chi connectivity index (χ1n) is 7.04. The highest BCUT2D eigenvalue weighted by atomic mass is 16.4. The maximum atomic E-state index is 11.4. The monoisotopic (exact) mass is 276 g/mol. The summed E-state index contributed by atoms with van der Waals surface area (Å²) in [6.07, 6.45) is 0.699. The lowest BCUT2D eigenvalue weighted by Gasteiger charge is -2.46. The number of rotatable bonds is 3. The molecule has 0 spiro atoms. The van der Waals surface area contributed by atoms with Gasteiger partial charge in [0.1, 0.15) is 0 Å². The molecule has 1 aromatic rings. The van der Waals surface area contributed by atoms with E-state index in [9.17, 15) is 15.0 Å². The van der Waals surface area contributed by atoms with Crippen LogP contribution in [0.15, 0.2) is 30.3 Å². The summed E-state index contributed by atoms with van der Waals surface area (Å²) in [5, 5.41) is 19.1. The molecule has 20 heavy (non-hydrogen) atoms. The number of likely N-dealkylation sites (tertiary alicyclic amines) is 1. The van der Waals surface area contributed by atoms with E-state index in [0.717, 1.165) is 25.9 Å². The Labute approximate surface area is 118 Å². The highest BCUT2D eigenvalue weighted by Gasteiger charge is 2.53. The van der Waals surface area contributed by atoms with Crippen LogP contribution in [-0.2, 0) is 6.54 Å². The van der Waals surface area contributed by atoms with Crippen LogP contribution < -0.4 is 0 Å². The largest absolute Gasteiger partial charge is 0.465 e. The van der Waals surface area contributed by atoms with E-state index < -0.39 is 11.6 Å². The summed E-state index contributed by atoms with van der Waals surface area (Å²) < 4.78 is 0. The van der Waals surface area contributed by atoms with Crippen molar-refractivity contribution in [1.29, 1.82) is 0 Å². The molecule has 2 heterocycles. The van der Waals surface area contributed by atoms with Gasteiger partial charge < -0.3 is 10.2 Å². The van der Waals surface area contributed by atoms with E-state index in [2.05, 4.69) is 17.0 Å². The zero-order valence-corrected chi connectivity index (χ0v) is 11.4. The lowest BCUT2D eigenvalue weighted by Crippen LogP contribution is -2.64. The van der Waals surface area contributed by atoms with Gasteiger partial charge in [0.25, 0.3) is 0 Å². The van der Waals surface area contributed by atoms with Crippen molar-refractivity contribution in [3.05, 3.63) is 35.9 Å². The highest BCUT2D eigenvalue weighted by Crippen LogP contribution is 2.39. The Balaban J connectivity index is 1.78. The normalized spacial score (nSPS) is 29.6. The van der Waals surface area contributed by atoms with Crippen LogP contribution in [0.3, 0.4) is 0 Å². The Bertz CT molecular complexity index is 493. The maximum Gasteiger partial charge on any atom is 0.408 e. The predicted molar refractivity (Wildman–Crippen MR) is 74.4 cm³/mol. The van der Waals surface area contributed by atoms with Crippen molar-refractivity contribution in [3.8, 4) is 0 Å². The maximum absolute atomic E-state index is 11.4. The number of benzene rings is 1. The SMILES string of the molecule is O=C(O)N1C2CCC1(CO)CN(Cc1ccccc1)C2. The molecule has 2 atom stereocenters. The van der Waals surface area contributed by atoms with Crippen LogP contribution in [0.1, 0.15) is 18.4 Å². The second-order valence-electron chi connectivity index (χ2n) is 5.88. The quantitative estimate of drug-likeness (QED) is 0.875. The molecule has 5 heteroatoms. The molecule has 5 nitrogen and oxygen atoms in total. The zero-order valence-electron chi connectivity index (χ0n) is 11.4. The Hall–Kier alpha value is -1.59. The van der Waals surface area contributed by atoms with Crippen molar-refractivity contribution in [1.82, 2.24) is 9.80 Å². The molecule has 1 amide bonds. The Morgan fingerprint density at radius 1 is 1.35 bits per heavy atom. The standard InChI is InChI=1S/C15H20N2O3/c18-11-15-7-6-13(17(15)14(19)20)9-16(10-15)8-12-4-2-1-3-5-12/h1-5,13,18H,6-11H2,(H,19,20). The Kier molecular flexibility index (Phi) is 3.40. The number of piperazine rings is 1. The molecular weight excluding hydrogens is 256 g/mol. The molecule has 2 aliphatic heterocycles. The molecule has 2 unspecified atom stereocenters. The average Bonchev–Trinajstić information content (AvgIpc) is 2.69. The molecule has 2 aliphatic rings. The van der Waals surface area contributed by atoms with Gasteiger partial charge in [-0.3, -0.25) is 9.80 Å². The molecule has 2 fully saturated rings. The van der Waals surface area contributed by atoms with Crippen molar-refractivity contribution < 1.29 is 15.0 Å². The lowest BCUT2D eigenvalue weighted by molar-refractivity contribution is -0.0217. The summed E-state index contributed by atoms with van der Waals surface area (Å²) in [7, 11) is 0. The first kappa shape index (κ1) is 13.4. The molecule has 0 aliphatic carbocycles. The average molecular weight is 276 g/mol. The summed E-state index contributed by atoms with van der Waals surface area (Å²) >= 11 is 0. The van der Waals surface area contributed by atoms with Gasteiger partial charge in [-0.15, -0.1) is 0 Å². The van der Waals surface area contributed by atoms with Crippen LogP contribution in [0.2, 0.25) is 0 Å². The summed E-state index contributed by atoms with van der Waals surface area (Å²) in [5.74, 6) is 0. The summed E-state index contributed by atoms with van der Waals surface area (Å²) in [5.41, 5.74) is 0.618. The van der Waals surface area contributed by atoms with Gasteiger partial charge in [0.15, 0.2) is 0 Å². The second kappa shape index (κ2) is 5.07. The molecule has 1 aromatic carbocycles. The van der Waals surface area contributed by atoms with Crippen molar-refractivity contribution in [2.45, 2.75) is 31.0 Å². The van der Waals surface area contributed by atoms with Gasteiger partial charge in [-0.25, -0.2) is 4.79 Å². The molecule has 0 radical (unpaired) electrons. The van der Waals surface area contributed by atoms with E-state index in [4.69, 9.17) is 0 Å². The molecular formula is C15H20N2O3. The summed E-state index contributed by atoms with van der Waals surface area (Å²) in [4.78, 5) is 15.2. The number of nitrogens with zero attached hydrogens (tertiary/aromatic N) is 2. The zero-order chi connectivity index (χ0) is 14.2. The molecule has 0 aromatic heterocycles. The molecule has 0 saturated carbocycles. The van der Waals surface area contributed by atoms with E-state index in [0.29, 0.717) is 6.54 Å². The van der Waals surface area contributed by atoms with Crippen molar-refractivity contribution >= 4 is 6.09 Å². The Morgan fingerprint density at radius 3 is 2.75 bits per heavy atom. The molecule has 3 rings (SSSR count). The lowest BCUT2D eigenvalue weighted by atomic mass is 9.96. The van der Waals surface area contributed by atoms with Crippen LogP contribution in [-0.4, -0.2) is 57.4 Å². The number of carboxylic acid groups (broad SMARTS) is 1. The highest BCUT2D eigenvalue weighted by molar-refractivity contribution is 5.67. The van der Waals surface area contributed by atoms with E-state index in [-0.39, 0.29) is 12.6 Å². The van der Waals surface area contributed by atoms with Crippen LogP contribution in [0.4, 0.5) is 4.79 Å². The van der Waals surface area contributed by atoms with Gasteiger partial charge in [0, 0.05) is 25.7 Å². The number of fused-ring (bicyclic) bond motifs is 2. The fraction of sp³-hybridized carbons (Fsp3) is 0.533. The summed E-state index contributed by atoms with van der Waals surface area (Å²) in [6.45, 7) is 2.08. The van der Waals surface area contributed by atoms with E-state index in [1.165, 1.54) is 10.5 Å². The van der Waals surface area contributed by atoms with Gasteiger partial charge in [0.05, 0.1) is 12.1 Å². The number of hydrogen-bond acceptors (Lipinski definition) is 3. The number of aliphatic hydroxyl groups excluding tert-OH is 1. The van der Waals surface area contributed by atoms with Crippen LogP contribution in [0.25, 0.3) is 0 Å². The van der Waals surface area contributed by atoms with Crippen molar-refractivity contribution in [2.24, 2.45) is 0 Å². The number of hydrogen-bond donors (Lipinski definition) is 2. The first-order valence-corrected chi connectivity index (χ1v) is 7.04. The third-order valence-corrected chi connectivity index (χ3v) is 4.56. The van der Waals surface area contributed by atoms with Gasteiger partial charge >= 0.3 is 6.09 Å². The van der Waals surface area contributed by atoms with Crippen LogP contribution >= 0.6 is 0 Å². The third-order valence-electron chi connectivity index (χ3n) is 4.56. The summed E-state index contributed by atoms with van der Waals surface area (Å²) in [6, 6.07) is 10.2. The van der Waals surface area contributed by atoms with Gasteiger partial charge in [-0.05, 0) is 18.4 Å². The number of amides is 1. The fourth-order valence-electron chi connectivity index (χ4n) is 3.71. The van der Waals surface area contributed by atoms with Gasteiger partial charge in [-0.2, -0.15) is 0 Å². The molecule has 2 bridgehead atoms. The van der Waals surface area contributed by atoms with Crippen LogP contribution in [0, 0.1) is 0 Å². The minimum absolute atomic E-state index is 0.0112. The van der Waals surface area contributed by atoms with E-state index in [1.54, 1.807) is 0 Å². The first-order chi connectivity index (χ1) is 9.64. The smallest absolute Gasteiger partial charge is 0.408 e. The fourth-order valence-corrected chi connectivity index (χ4v) is 3.71. The third kappa shape index (κ3) is 2.17. The minimum Gasteiger partial charge on any atom is -0.465 e. The second-order valence-corrected chi connectivity index (χ2v) is 5.88.